The van der Waals surface area contributed by atoms with Crippen molar-refractivity contribution in [2.45, 2.75) is 37.8 Å². The highest BCUT2D eigenvalue weighted by Crippen LogP contribution is 2.42. The zero-order valence-electron chi connectivity index (χ0n) is 13.6. The van der Waals surface area contributed by atoms with Gasteiger partial charge in [-0.05, 0) is 54.6 Å². The second-order valence-corrected chi connectivity index (χ2v) is 7.51. The van der Waals surface area contributed by atoms with Gasteiger partial charge < -0.3 is 9.88 Å². The van der Waals surface area contributed by atoms with E-state index >= 15 is 0 Å². The lowest BCUT2D eigenvalue weighted by Crippen LogP contribution is -2.16. The maximum Gasteiger partial charge on any atom is 0.0515 e. The molecule has 0 bridgehead atoms. The van der Waals surface area contributed by atoms with E-state index in [1.165, 1.54) is 46.9 Å². The summed E-state index contributed by atoms with van der Waals surface area (Å²) >= 11 is 6.07. The summed E-state index contributed by atoms with van der Waals surface area (Å²) in [5, 5.41) is 5.97. The van der Waals surface area contributed by atoms with E-state index in [-0.39, 0.29) is 0 Å². The molecule has 0 radical (unpaired) electrons. The smallest absolute Gasteiger partial charge is 0.0515 e. The molecule has 3 heterocycles. The van der Waals surface area contributed by atoms with Crippen molar-refractivity contribution in [3.8, 4) is 0 Å². The second kappa shape index (κ2) is 5.65. The van der Waals surface area contributed by atoms with Crippen LogP contribution in [-0.4, -0.2) is 11.1 Å². The Bertz CT molecular complexity index is 894. The van der Waals surface area contributed by atoms with Gasteiger partial charge in [-0.25, -0.2) is 0 Å². The Morgan fingerprint density at radius 1 is 1.08 bits per heavy atom. The molecule has 1 fully saturated rings. The third-order valence-electron chi connectivity index (χ3n) is 5.71. The molecule has 24 heavy (non-hydrogen) atoms. The Balaban J connectivity index is 1.62. The lowest BCUT2D eigenvalue weighted by molar-refractivity contribution is 0.575. The predicted octanol–water partition coefficient (Wildman–Crippen LogP) is 5.06. The number of nitrogens with one attached hydrogen (secondary N) is 1. The van der Waals surface area contributed by atoms with Gasteiger partial charge in [0.05, 0.1) is 5.52 Å². The minimum atomic E-state index is 0.380. The minimum absolute atomic E-state index is 0.380. The Hall–Kier alpha value is -1.77. The molecule has 1 N–H and O–H groups in total. The number of hydrogen-bond acceptors (Lipinski definition) is 1. The Morgan fingerprint density at radius 3 is 2.83 bits per heavy atom. The summed E-state index contributed by atoms with van der Waals surface area (Å²) in [5.41, 5.74) is 5.84. The van der Waals surface area contributed by atoms with Gasteiger partial charge in [0.1, 0.15) is 0 Å². The van der Waals surface area contributed by atoms with Gasteiger partial charge in [-0.1, -0.05) is 41.9 Å². The quantitative estimate of drug-likeness (QED) is 0.692. The van der Waals surface area contributed by atoms with E-state index in [0.717, 1.165) is 18.1 Å². The third kappa shape index (κ3) is 2.21. The van der Waals surface area contributed by atoms with E-state index in [0.29, 0.717) is 12.0 Å². The molecule has 1 saturated heterocycles. The largest absolute Gasteiger partial charge is 0.347 e. The average molecular weight is 337 g/mol. The van der Waals surface area contributed by atoms with Crippen molar-refractivity contribution >= 4 is 22.5 Å². The van der Waals surface area contributed by atoms with Gasteiger partial charge in [-0.2, -0.15) is 0 Å². The van der Waals surface area contributed by atoms with E-state index in [1.807, 2.05) is 12.1 Å². The van der Waals surface area contributed by atoms with Gasteiger partial charge in [0.25, 0.3) is 0 Å². The molecular weight excluding hydrogens is 316 g/mol. The fraction of sp³-hybridized carbons (Fsp3) is 0.333. The highest BCUT2D eigenvalue weighted by molar-refractivity contribution is 6.30. The molecule has 2 aliphatic rings. The third-order valence-corrected chi connectivity index (χ3v) is 5.96. The van der Waals surface area contributed by atoms with Crippen molar-refractivity contribution in [1.29, 1.82) is 0 Å². The highest BCUT2D eigenvalue weighted by atomic mass is 35.5. The first-order valence-electron chi connectivity index (χ1n) is 8.91. The predicted molar refractivity (Wildman–Crippen MR) is 99.8 cm³/mol. The van der Waals surface area contributed by atoms with Crippen LogP contribution >= 0.6 is 11.6 Å². The number of aryl methyl sites for hydroxylation is 2. The van der Waals surface area contributed by atoms with Crippen LogP contribution in [0, 0.1) is 0 Å². The Kier molecular flexibility index (Phi) is 3.43. The lowest BCUT2D eigenvalue weighted by Gasteiger charge is -2.20. The molecular formula is C21H21ClN2. The number of hydrogen-bond donors (Lipinski definition) is 1. The fourth-order valence-corrected chi connectivity index (χ4v) is 4.76. The van der Waals surface area contributed by atoms with Crippen LogP contribution in [0.1, 0.15) is 41.5 Å². The van der Waals surface area contributed by atoms with Gasteiger partial charge in [-0.15, -0.1) is 0 Å². The molecule has 5 rings (SSSR count). The van der Waals surface area contributed by atoms with Crippen LogP contribution in [0.2, 0.25) is 5.02 Å². The van der Waals surface area contributed by atoms with Gasteiger partial charge in [0.2, 0.25) is 0 Å². The number of aromatic nitrogens is 1. The van der Waals surface area contributed by atoms with E-state index in [2.05, 4.69) is 46.4 Å². The van der Waals surface area contributed by atoms with E-state index in [4.69, 9.17) is 11.6 Å². The van der Waals surface area contributed by atoms with Gasteiger partial charge in [0.15, 0.2) is 0 Å². The maximum atomic E-state index is 6.07. The fourth-order valence-electron chi connectivity index (χ4n) is 4.64. The highest BCUT2D eigenvalue weighted by Gasteiger charge is 2.32. The van der Waals surface area contributed by atoms with Crippen molar-refractivity contribution in [3.63, 3.8) is 0 Å². The topological polar surface area (TPSA) is 17.0 Å². The number of nitrogens with zero attached hydrogens (tertiary/aromatic N) is 1. The molecule has 0 aliphatic carbocycles. The van der Waals surface area contributed by atoms with Gasteiger partial charge in [-0.3, -0.25) is 0 Å². The van der Waals surface area contributed by atoms with Crippen LogP contribution in [-0.2, 0) is 13.0 Å². The molecule has 0 spiro atoms. The van der Waals surface area contributed by atoms with Gasteiger partial charge in [0, 0.05) is 35.1 Å². The molecule has 0 amide bonds. The first kappa shape index (κ1) is 14.6. The molecule has 2 aliphatic heterocycles. The zero-order chi connectivity index (χ0) is 16.1. The average Bonchev–Trinajstić information content (AvgIpc) is 3.22. The molecule has 2 aromatic carbocycles. The maximum absolute atomic E-state index is 6.07. The standard InChI is InChI=1S/C21H21ClN2/c22-16-8-6-14(7-9-16)20-17(10-11-23-20)19-13-24-12-2-4-15-3-1-5-18(19)21(15)24/h1,3,5-9,13,17,20,23H,2,4,10-12H2. The normalized spacial score (nSPS) is 23.0. The summed E-state index contributed by atoms with van der Waals surface area (Å²) in [6.07, 6.45) is 6.08. The summed E-state index contributed by atoms with van der Waals surface area (Å²) in [6.45, 7) is 2.23. The van der Waals surface area contributed by atoms with Crippen molar-refractivity contribution < 1.29 is 0 Å². The molecule has 1 aromatic heterocycles. The number of halogens is 1. The summed E-state index contributed by atoms with van der Waals surface area (Å²) in [4.78, 5) is 0. The number of para-hydroxylation sites is 1. The number of benzene rings is 2. The molecule has 122 valence electrons. The molecule has 2 atom stereocenters. The summed E-state index contributed by atoms with van der Waals surface area (Å²) in [5.74, 6) is 0.531. The molecule has 0 saturated carbocycles. The summed E-state index contributed by atoms with van der Waals surface area (Å²) in [7, 11) is 0. The first-order valence-corrected chi connectivity index (χ1v) is 9.28. The van der Waals surface area contributed by atoms with Crippen LogP contribution in [0.4, 0.5) is 0 Å². The van der Waals surface area contributed by atoms with Crippen molar-refractivity contribution in [2.75, 3.05) is 6.54 Å². The minimum Gasteiger partial charge on any atom is -0.347 e. The molecule has 3 aromatic rings. The van der Waals surface area contributed by atoms with Crippen LogP contribution in [0.5, 0.6) is 0 Å². The zero-order valence-corrected chi connectivity index (χ0v) is 14.4. The van der Waals surface area contributed by atoms with E-state index < -0.39 is 0 Å². The van der Waals surface area contributed by atoms with E-state index in [9.17, 15) is 0 Å². The van der Waals surface area contributed by atoms with Crippen LogP contribution in [0.15, 0.2) is 48.7 Å². The molecule has 2 unspecified atom stereocenters. The SMILES string of the molecule is Clc1ccc(C2NCCC2c2cn3c4c(cccc24)CCC3)cc1. The van der Waals surface area contributed by atoms with Gasteiger partial charge >= 0.3 is 0 Å². The first-order chi connectivity index (χ1) is 11.8. The molecule has 3 heteroatoms. The van der Waals surface area contributed by atoms with Crippen molar-refractivity contribution in [1.82, 2.24) is 9.88 Å². The lowest BCUT2D eigenvalue weighted by atomic mass is 9.87. The summed E-state index contributed by atoms with van der Waals surface area (Å²) < 4.78 is 2.49. The van der Waals surface area contributed by atoms with Crippen molar-refractivity contribution in [2.24, 2.45) is 0 Å². The monoisotopic (exact) mass is 336 g/mol. The second-order valence-electron chi connectivity index (χ2n) is 7.07. The summed E-state index contributed by atoms with van der Waals surface area (Å²) in [6, 6.07) is 15.6. The van der Waals surface area contributed by atoms with Crippen molar-refractivity contribution in [3.05, 3.63) is 70.4 Å². The van der Waals surface area contributed by atoms with E-state index in [1.54, 1.807) is 0 Å². The number of rotatable bonds is 2. The van der Waals surface area contributed by atoms with Crippen LogP contribution in [0.25, 0.3) is 10.9 Å². The Morgan fingerprint density at radius 2 is 1.96 bits per heavy atom. The molecule has 2 nitrogen and oxygen atoms in total. The van der Waals surface area contributed by atoms with Crippen LogP contribution < -0.4 is 5.32 Å². The Labute approximate surface area is 147 Å². The van der Waals surface area contributed by atoms with Crippen LogP contribution in [0.3, 0.4) is 0 Å².